The summed E-state index contributed by atoms with van der Waals surface area (Å²) in [6.45, 7) is 0. The van der Waals surface area contributed by atoms with Crippen LogP contribution in [0.1, 0.15) is 5.56 Å². The minimum atomic E-state index is -4.85. The summed E-state index contributed by atoms with van der Waals surface area (Å²) in [5.41, 5.74) is 0.615. The van der Waals surface area contributed by atoms with Gasteiger partial charge >= 0.3 is 10.2 Å². The molecule has 0 unspecified atom stereocenters. The van der Waals surface area contributed by atoms with Gasteiger partial charge in [0.05, 0.1) is 4.92 Å². The lowest BCUT2D eigenvalue weighted by Gasteiger charge is -2.03. The summed E-state index contributed by atoms with van der Waals surface area (Å²) in [5, 5.41) is 12.9. The number of nitrogens with zero attached hydrogens (tertiary/aromatic N) is 1. The number of non-ortho nitro benzene ring substituents is 1. The fourth-order valence-corrected chi connectivity index (χ4v) is 2.30. The van der Waals surface area contributed by atoms with Crippen LogP contribution in [0.25, 0.3) is 6.08 Å². The van der Waals surface area contributed by atoms with Crippen molar-refractivity contribution in [2.75, 3.05) is 5.32 Å². The van der Waals surface area contributed by atoms with E-state index in [1.165, 1.54) is 42.5 Å². The van der Waals surface area contributed by atoms with Crippen molar-refractivity contribution < 1.29 is 22.0 Å². The van der Waals surface area contributed by atoms with Crippen molar-refractivity contribution in [3.05, 3.63) is 70.3 Å². The molecule has 0 aromatic heterocycles. The molecular formula is C15H11FN2O5S. The van der Waals surface area contributed by atoms with Crippen molar-refractivity contribution in [1.82, 2.24) is 0 Å². The van der Waals surface area contributed by atoms with Crippen LogP contribution in [0.2, 0.25) is 0 Å². The zero-order valence-corrected chi connectivity index (χ0v) is 12.9. The Bertz CT molecular complexity index is 908. The standard InChI is InChI=1S/C15H11FN2O5S/c16-24(22,23)14-3-1-2-12(10-14)17-15(19)9-6-11-4-7-13(8-5-11)18(20)21/h1-10H,(H,17,19). The summed E-state index contributed by atoms with van der Waals surface area (Å²) in [6.07, 6.45) is 2.59. The van der Waals surface area contributed by atoms with Gasteiger partial charge in [0.1, 0.15) is 4.90 Å². The molecule has 2 aromatic rings. The molecule has 0 saturated heterocycles. The molecule has 0 aliphatic heterocycles. The van der Waals surface area contributed by atoms with E-state index < -0.39 is 25.9 Å². The van der Waals surface area contributed by atoms with E-state index in [1.54, 1.807) is 0 Å². The van der Waals surface area contributed by atoms with Crippen LogP contribution in [-0.2, 0) is 15.0 Å². The highest BCUT2D eigenvalue weighted by Gasteiger charge is 2.12. The van der Waals surface area contributed by atoms with E-state index in [1.807, 2.05) is 0 Å². The van der Waals surface area contributed by atoms with Gasteiger partial charge in [-0.05, 0) is 42.0 Å². The number of amides is 1. The lowest BCUT2D eigenvalue weighted by Crippen LogP contribution is -2.08. The molecule has 124 valence electrons. The van der Waals surface area contributed by atoms with Crippen LogP contribution in [0.3, 0.4) is 0 Å². The fourth-order valence-electron chi connectivity index (χ4n) is 1.79. The molecule has 2 aromatic carbocycles. The minimum Gasteiger partial charge on any atom is -0.322 e. The maximum absolute atomic E-state index is 12.9. The van der Waals surface area contributed by atoms with E-state index >= 15 is 0 Å². The zero-order chi connectivity index (χ0) is 17.7. The molecule has 7 nitrogen and oxygen atoms in total. The summed E-state index contributed by atoms with van der Waals surface area (Å²) in [4.78, 5) is 21.2. The minimum absolute atomic E-state index is 0.0687. The normalized spacial score (nSPS) is 11.4. The molecule has 0 atom stereocenters. The number of nitro groups is 1. The van der Waals surface area contributed by atoms with Crippen LogP contribution < -0.4 is 5.32 Å². The van der Waals surface area contributed by atoms with E-state index in [0.29, 0.717) is 5.56 Å². The fraction of sp³-hybridized carbons (Fsp3) is 0. The van der Waals surface area contributed by atoms with Gasteiger partial charge in [0.2, 0.25) is 5.91 Å². The highest BCUT2D eigenvalue weighted by atomic mass is 32.3. The molecule has 24 heavy (non-hydrogen) atoms. The number of hydrogen-bond acceptors (Lipinski definition) is 5. The number of nitrogens with one attached hydrogen (secondary N) is 1. The molecule has 9 heteroatoms. The molecule has 1 N–H and O–H groups in total. The monoisotopic (exact) mass is 350 g/mol. The third-order valence-electron chi connectivity index (χ3n) is 2.91. The van der Waals surface area contributed by atoms with E-state index in [9.17, 15) is 27.2 Å². The molecule has 0 radical (unpaired) electrons. The number of halogens is 1. The predicted octanol–water partition coefficient (Wildman–Crippen LogP) is 2.90. The number of rotatable bonds is 5. The Balaban J connectivity index is 2.06. The second-order valence-electron chi connectivity index (χ2n) is 4.64. The van der Waals surface area contributed by atoms with Crippen LogP contribution in [0, 0.1) is 10.1 Å². The Hall–Kier alpha value is -3.07. The Morgan fingerprint density at radius 3 is 2.42 bits per heavy atom. The Labute approximate surface area is 136 Å². The first-order chi connectivity index (χ1) is 11.3. The number of carbonyl (C=O) groups is 1. The smallest absolute Gasteiger partial charge is 0.322 e. The average molecular weight is 350 g/mol. The van der Waals surface area contributed by atoms with E-state index in [2.05, 4.69) is 5.32 Å². The second-order valence-corrected chi connectivity index (χ2v) is 5.98. The lowest BCUT2D eigenvalue weighted by atomic mass is 10.2. The number of benzene rings is 2. The van der Waals surface area contributed by atoms with Crippen LogP contribution >= 0.6 is 0 Å². The lowest BCUT2D eigenvalue weighted by molar-refractivity contribution is -0.384. The molecule has 1 amide bonds. The van der Waals surface area contributed by atoms with Gasteiger partial charge < -0.3 is 5.32 Å². The molecule has 0 aliphatic carbocycles. The summed E-state index contributed by atoms with van der Waals surface area (Å²) in [6, 6.07) is 10.3. The number of hydrogen-bond donors (Lipinski definition) is 1. The summed E-state index contributed by atoms with van der Waals surface area (Å²) in [5.74, 6) is -0.568. The maximum Gasteiger partial charge on any atom is 0.332 e. The summed E-state index contributed by atoms with van der Waals surface area (Å²) >= 11 is 0. The second kappa shape index (κ2) is 7.01. The van der Waals surface area contributed by atoms with Gasteiger partial charge in [0, 0.05) is 23.9 Å². The third kappa shape index (κ3) is 4.71. The largest absolute Gasteiger partial charge is 0.332 e. The van der Waals surface area contributed by atoms with Gasteiger partial charge in [-0.2, -0.15) is 8.42 Å². The van der Waals surface area contributed by atoms with Crippen molar-refractivity contribution in [3.8, 4) is 0 Å². The van der Waals surface area contributed by atoms with Gasteiger partial charge in [0.15, 0.2) is 0 Å². The van der Waals surface area contributed by atoms with Gasteiger partial charge in [-0.3, -0.25) is 14.9 Å². The van der Waals surface area contributed by atoms with Gasteiger partial charge in [-0.15, -0.1) is 3.89 Å². The average Bonchev–Trinajstić information content (AvgIpc) is 2.53. The summed E-state index contributed by atoms with van der Waals surface area (Å²) < 4.78 is 34.5. The Morgan fingerprint density at radius 2 is 1.83 bits per heavy atom. The molecule has 0 spiro atoms. The molecule has 0 fully saturated rings. The molecular weight excluding hydrogens is 339 g/mol. The number of anilines is 1. The Morgan fingerprint density at radius 1 is 1.17 bits per heavy atom. The van der Waals surface area contributed by atoms with Crippen LogP contribution in [-0.4, -0.2) is 19.2 Å². The SMILES string of the molecule is O=C(C=Cc1ccc([N+](=O)[O-])cc1)Nc1cccc(S(=O)(=O)F)c1. The van der Waals surface area contributed by atoms with E-state index in [-0.39, 0.29) is 11.4 Å². The van der Waals surface area contributed by atoms with Crippen LogP contribution in [0.4, 0.5) is 15.3 Å². The van der Waals surface area contributed by atoms with Crippen LogP contribution in [0.15, 0.2) is 59.5 Å². The van der Waals surface area contributed by atoms with Crippen molar-refractivity contribution in [1.29, 1.82) is 0 Å². The molecule has 0 aliphatic rings. The first-order valence-corrected chi connectivity index (χ1v) is 7.92. The first-order valence-electron chi connectivity index (χ1n) is 6.54. The zero-order valence-electron chi connectivity index (χ0n) is 12.0. The number of carbonyl (C=O) groups excluding carboxylic acids is 1. The summed E-state index contributed by atoms with van der Waals surface area (Å²) in [7, 11) is -4.85. The van der Waals surface area contributed by atoms with Gasteiger partial charge in [-0.25, -0.2) is 0 Å². The maximum atomic E-state index is 12.9. The van der Waals surface area contributed by atoms with Crippen molar-refractivity contribution in [2.45, 2.75) is 4.90 Å². The third-order valence-corrected chi connectivity index (χ3v) is 3.73. The predicted molar refractivity (Wildman–Crippen MR) is 85.5 cm³/mol. The molecule has 0 heterocycles. The highest BCUT2D eigenvalue weighted by Crippen LogP contribution is 2.17. The van der Waals surface area contributed by atoms with Crippen LogP contribution in [0.5, 0.6) is 0 Å². The van der Waals surface area contributed by atoms with E-state index in [4.69, 9.17) is 0 Å². The van der Waals surface area contributed by atoms with Gasteiger partial charge in [0.25, 0.3) is 5.69 Å². The molecule has 0 bridgehead atoms. The molecule has 2 rings (SSSR count). The topological polar surface area (TPSA) is 106 Å². The first kappa shape index (κ1) is 17.3. The Kier molecular flexibility index (Phi) is 5.05. The van der Waals surface area contributed by atoms with Crippen molar-refractivity contribution in [3.63, 3.8) is 0 Å². The highest BCUT2D eigenvalue weighted by molar-refractivity contribution is 7.86. The van der Waals surface area contributed by atoms with E-state index in [0.717, 1.165) is 18.2 Å². The van der Waals surface area contributed by atoms with Crippen molar-refractivity contribution >= 4 is 33.6 Å². The quantitative estimate of drug-likeness (QED) is 0.386. The molecule has 0 saturated carbocycles. The van der Waals surface area contributed by atoms with Crippen molar-refractivity contribution in [2.24, 2.45) is 0 Å². The number of nitro benzene ring substituents is 1. The van der Waals surface area contributed by atoms with Gasteiger partial charge in [-0.1, -0.05) is 6.07 Å².